The fraction of sp³-hybridized carbons (Fsp3) is 0.471. The zero-order chi connectivity index (χ0) is 18.1. The van der Waals surface area contributed by atoms with Gasteiger partial charge in [-0.2, -0.15) is 0 Å². The van der Waals surface area contributed by atoms with Crippen LogP contribution in [0.1, 0.15) is 37.0 Å². The second-order valence-corrected chi connectivity index (χ2v) is 6.36. The van der Waals surface area contributed by atoms with Gasteiger partial charge in [-0.1, -0.05) is 25.4 Å². The highest BCUT2D eigenvalue weighted by Gasteiger charge is 2.17. The fourth-order valence-corrected chi connectivity index (χ4v) is 2.29. The highest BCUT2D eigenvalue weighted by atomic mass is 35.5. The van der Waals surface area contributed by atoms with Crippen molar-refractivity contribution in [2.75, 3.05) is 19.6 Å². The molecule has 0 atom stereocenters. The van der Waals surface area contributed by atoms with Crippen molar-refractivity contribution in [3.63, 3.8) is 0 Å². The van der Waals surface area contributed by atoms with E-state index in [-0.39, 0.29) is 30.7 Å². The number of amides is 2. The van der Waals surface area contributed by atoms with Crippen LogP contribution in [-0.4, -0.2) is 47.4 Å². The van der Waals surface area contributed by atoms with E-state index in [4.69, 9.17) is 16.7 Å². The summed E-state index contributed by atoms with van der Waals surface area (Å²) in [5.41, 5.74) is 0.498. The number of carboxylic acids is 1. The first-order valence-electron chi connectivity index (χ1n) is 7.83. The van der Waals surface area contributed by atoms with E-state index in [9.17, 15) is 14.4 Å². The number of rotatable bonds is 9. The normalized spacial score (nSPS) is 10.5. The van der Waals surface area contributed by atoms with Gasteiger partial charge in [-0.3, -0.25) is 14.4 Å². The summed E-state index contributed by atoms with van der Waals surface area (Å²) in [5, 5.41) is 12.2. The second kappa shape index (κ2) is 9.93. The summed E-state index contributed by atoms with van der Waals surface area (Å²) in [7, 11) is 0. The van der Waals surface area contributed by atoms with E-state index in [1.807, 2.05) is 13.8 Å². The molecule has 2 N–H and O–H groups in total. The van der Waals surface area contributed by atoms with Crippen LogP contribution in [0.2, 0.25) is 5.02 Å². The summed E-state index contributed by atoms with van der Waals surface area (Å²) in [6.07, 6.45) is 0.646. The van der Waals surface area contributed by atoms with Crippen molar-refractivity contribution < 1.29 is 19.5 Å². The van der Waals surface area contributed by atoms with Crippen molar-refractivity contribution in [2.45, 2.75) is 26.7 Å². The van der Waals surface area contributed by atoms with Crippen molar-refractivity contribution in [2.24, 2.45) is 5.92 Å². The number of nitrogens with one attached hydrogen (secondary N) is 1. The molecule has 24 heavy (non-hydrogen) atoms. The van der Waals surface area contributed by atoms with Crippen LogP contribution in [0.15, 0.2) is 24.3 Å². The molecule has 0 aliphatic rings. The van der Waals surface area contributed by atoms with Gasteiger partial charge in [0.2, 0.25) is 5.91 Å². The molecule has 0 fully saturated rings. The Bertz CT molecular complexity index is 572. The van der Waals surface area contributed by atoms with Crippen LogP contribution in [0.25, 0.3) is 0 Å². The van der Waals surface area contributed by atoms with Gasteiger partial charge in [0, 0.05) is 30.1 Å². The van der Waals surface area contributed by atoms with E-state index in [2.05, 4.69) is 5.32 Å². The highest BCUT2D eigenvalue weighted by molar-refractivity contribution is 6.30. The van der Waals surface area contributed by atoms with E-state index >= 15 is 0 Å². The molecule has 132 valence electrons. The van der Waals surface area contributed by atoms with Gasteiger partial charge in [-0.05, 0) is 36.6 Å². The lowest BCUT2D eigenvalue weighted by Crippen LogP contribution is -2.38. The van der Waals surface area contributed by atoms with Gasteiger partial charge in [0.25, 0.3) is 5.91 Å². The van der Waals surface area contributed by atoms with Crippen molar-refractivity contribution in [3.05, 3.63) is 34.9 Å². The maximum absolute atomic E-state index is 12.1. The third kappa shape index (κ3) is 7.46. The molecule has 0 spiro atoms. The smallest absolute Gasteiger partial charge is 0.323 e. The van der Waals surface area contributed by atoms with E-state index in [0.29, 0.717) is 30.1 Å². The van der Waals surface area contributed by atoms with Gasteiger partial charge in [-0.25, -0.2) is 0 Å². The Hall–Kier alpha value is -2.08. The molecule has 0 radical (unpaired) electrons. The summed E-state index contributed by atoms with van der Waals surface area (Å²) in [6.45, 7) is 4.30. The topological polar surface area (TPSA) is 86.7 Å². The number of benzene rings is 1. The Morgan fingerprint density at radius 2 is 1.83 bits per heavy atom. The van der Waals surface area contributed by atoms with Gasteiger partial charge in [0.05, 0.1) is 0 Å². The number of halogens is 1. The molecule has 7 heteroatoms. The molecule has 0 bridgehead atoms. The Labute approximate surface area is 146 Å². The first kappa shape index (κ1) is 20.0. The van der Waals surface area contributed by atoms with Crippen LogP contribution in [0, 0.1) is 5.92 Å². The molecule has 0 aliphatic carbocycles. The molecule has 1 rings (SSSR count). The van der Waals surface area contributed by atoms with Crippen LogP contribution in [0.3, 0.4) is 0 Å². The molecular formula is C17H23ClN2O4. The third-order valence-electron chi connectivity index (χ3n) is 3.22. The summed E-state index contributed by atoms with van der Waals surface area (Å²) in [6, 6.07) is 6.52. The van der Waals surface area contributed by atoms with E-state index < -0.39 is 5.97 Å². The SMILES string of the molecule is CC(C)CN(CC(=O)O)C(=O)CCCNC(=O)c1ccc(Cl)cc1. The molecule has 6 nitrogen and oxygen atoms in total. The Morgan fingerprint density at radius 3 is 2.38 bits per heavy atom. The van der Waals surface area contributed by atoms with Crippen LogP contribution >= 0.6 is 11.6 Å². The van der Waals surface area contributed by atoms with Crippen molar-refractivity contribution >= 4 is 29.4 Å². The summed E-state index contributed by atoms with van der Waals surface area (Å²) in [5.74, 6) is -1.28. The summed E-state index contributed by atoms with van der Waals surface area (Å²) >= 11 is 5.76. The van der Waals surface area contributed by atoms with Gasteiger partial charge < -0.3 is 15.3 Å². The van der Waals surface area contributed by atoms with Crippen molar-refractivity contribution in [1.82, 2.24) is 10.2 Å². The molecule has 0 aliphatic heterocycles. The average molecular weight is 355 g/mol. The number of hydrogen-bond acceptors (Lipinski definition) is 3. The molecule has 0 unspecified atom stereocenters. The highest BCUT2D eigenvalue weighted by Crippen LogP contribution is 2.09. The molecule has 1 aromatic rings. The molecule has 0 heterocycles. The Morgan fingerprint density at radius 1 is 1.21 bits per heavy atom. The lowest BCUT2D eigenvalue weighted by atomic mass is 10.2. The Balaban J connectivity index is 2.39. The summed E-state index contributed by atoms with van der Waals surface area (Å²) < 4.78 is 0. The van der Waals surface area contributed by atoms with Crippen LogP contribution in [0.5, 0.6) is 0 Å². The number of nitrogens with zero attached hydrogens (tertiary/aromatic N) is 1. The standard InChI is InChI=1S/C17H23ClN2O4/c1-12(2)10-20(11-16(22)23)15(21)4-3-9-19-17(24)13-5-7-14(18)8-6-13/h5-8,12H,3-4,9-11H2,1-2H3,(H,19,24)(H,22,23). The van der Waals surface area contributed by atoms with Gasteiger partial charge >= 0.3 is 5.97 Å². The number of carbonyl (C=O) groups is 3. The lowest BCUT2D eigenvalue weighted by molar-refractivity contribution is -0.144. The molecule has 2 amide bonds. The van der Waals surface area contributed by atoms with Gasteiger partial charge in [0.15, 0.2) is 0 Å². The predicted octanol–water partition coefficient (Wildman–Crippen LogP) is 2.42. The maximum atomic E-state index is 12.1. The van der Waals surface area contributed by atoms with E-state index in [0.717, 1.165) is 0 Å². The number of hydrogen-bond donors (Lipinski definition) is 2. The predicted molar refractivity (Wildman–Crippen MR) is 92.1 cm³/mol. The first-order chi connectivity index (χ1) is 11.3. The molecule has 1 aromatic carbocycles. The minimum atomic E-state index is -1.03. The number of carboxylic acid groups (broad SMARTS) is 1. The maximum Gasteiger partial charge on any atom is 0.323 e. The molecule has 0 saturated carbocycles. The average Bonchev–Trinajstić information content (AvgIpc) is 2.50. The van der Waals surface area contributed by atoms with E-state index in [1.54, 1.807) is 24.3 Å². The lowest BCUT2D eigenvalue weighted by Gasteiger charge is -2.22. The second-order valence-electron chi connectivity index (χ2n) is 5.93. The molecule has 0 saturated heterocycles. The molecule has 0 aromatic heterocycles. The number of carbonyl (C=O) groups excluding carboxylic acids is 2. The molecular weight excluding hydrogens is 332 g/mol. The van der Waals surface area contributed by atoms with Crippen LogP contribution in [-0.2, 0) is 9.59 Å². The summed E-state index contributed by atoms with van der Waals surface area (Å²) in [4.78, 5) is 36.2. The van der Waals surface area contributed by atoms with Gasteiger partial charge in [-0.15, -0.1) is 0 Å². The van der Waals surface area contributed by atoms with Crippen LogP contribution in [0.4, 0.5) is 0 Å². The Kier molecular flexibility index (Phi) is 8.26. The quantitative estimate of drug-likeness (QED) is 0.667. The minimum absolute atomic E-state index is 0.193. The fourth-order valence-electron chi connectivity index (χ4n) is 2.16. The monoisotopic (exact) mass is 354 g/mol. The van der Waals surface area contributed by atoms with E-state index in [1.165, 1.54) is 4.90 Å². The minimum Gasteiger partial charge on any atom is -0.480 e. The zero-order valence-corrected chi connectivity index (χ0v) is 14.7. The van der Waals surface area contributed by atoms with Crippen molar-refractivity contribution in [3.8, 4) is 0 Å². The largest absolute Gasteiger partial charge is 0.480 e. The zero-order valence-electron chi connectivity index (χ0n) is 13.9. The van der Waals surface area contributed by atoms with Crippen LogP contribution < -0.4 is 5.32 Å². The third-order valence-corrected chi connectivity index (χ3v) is 3.48. The number of aliphatic carboxylic acids is 1. The van der Waals surface area contributed by atoms with Crippen molar-refractivity contribution in [1.29, 1.82) is 0 Å². The first-order valence-corrected chi connectivity index (χ1v) is 8.20. The van der Waals surface area contributed by atoms with Gasteiger partial charge in [0.1, 0.15) is 6.54 Å².